The lowest BCUT2D eigenvalue weighted by atomic mass is 10.0. The van der Waals surface area contributed by atoms with Crippen molar-refractivity contribution in [1.82, 2.24) is 5.32 Å². The van der Waals surface area contributed by atoms with Gasteiger partial charge in [-0.15, -0.1) is 11.8 Å². The van der Waals surface area contributed by atoms with Crippen molar-refractivity contribution >= 4 is 29.0 Å². The van der Waals surface area contributed by atoms with Crippen LogP contribution < -0.4 is 10.6 Å². The largest absolute Gasteiger partial charge is 0.387 e. The third kappa shape index (κ3) is 3.21. The minimum absolute atomic E-state index is 0.0843. The van der Waals surface area contributed by atoms with Crippen molar-refractivity contribution < 1.29 is 9.72 Å². The molecule has 1 aliphatic rings. The molecule has 0 saturated heterocycles. The highest BCUT2D eigenvalue weighted by Crippen LogP contribution is 2.36. The van der Waals surface area contributed by atoms with Crippen molar-refractivity contribution in [1.29, 1.82) is 0 Å². The number of carbonyl (C=O) groups is 1. The number of nitrogens with zero attached hydrogens (tertiary/aromatic N) is 1. The second kappa shape index (κ2) is 6.92. The van der Waals surface area contributed by atoms with E-state index in [2.05, 4.69) is 10.6 Å². The Kier molecular flexibility index (Phi) is 4.71. The highest BCUT2D eigenvalue weighted by atomic mass is 32.2. The highest BCUT2D eigenvalue weighted by Gasteiger charge is 2.24. The Hall–Kier alpha value is -2.54. The van der Waals surface area contributed by atoms with Gasteiger partial charge in [-0.3, -0.25) is 14.9 Å². The zero-order valence-corrected chi connectivity index (χ0v) is 13.9. The summed E-state index contributed by atoms with van der Waals surface area (Å²) in [7, 11) is 1.69. The van der Waals surface area contributed by atoms with Crippen molar-refractivity contribution in [3.63, 3.8) is 0 Å². The van der Waals surface area contributed by atoms with Crippen LogP contribution in [0.1, 0.15) is 28.4 Å². The Labute approximate surface area is 143 Å². The summed E-state index contributed by atoms with van der Waals surface area (Å²) in [6, 6.07) is 12.2. The van der Waals surface area contributed by atoms with E-state index in [9.17, 15) is 14.9 Å². The maximum Gasteiger partial charge on any atom is 0.270 e. The number of non-ortho nitro benzene ring substituents is 1. The molecular formula is C17H17N3O3S. The predicted octanol–water partition coefficient (Wildman–Crippen LogP) is 3.60. The maximum absolute atomic E-state index is 12.7. The number of carbonyl (C=O) groups excluding carboxylic acids is 1. The average Bonchev–Trinajstić information content (AvgIpc) is 2.61. The van der Waals surface area contributed by atoms with Crippen molar-refractivity contribution in [2.24, 2.45) is 0 Å². The van der Waals surface area contributed by atoms with Gasteiger partial charge in [-0.05, 0) is 24.1 Å². The standard InChI is InChI=1S/C17H17N3O3S/c1-18-14-7-6-11(20(22)23)10-13(14)17(21)19-15-8-9-24-16-5-3-2-4-12(15)16/h2-7,10,15,18H,8-9H2,1H3,(H,19,21). The van der Waals surface area contributed by atoms with E-state index in [1.54, 1.807) is 24.9 Å². The molecule has 124 valence electrons. The fraction of sp³-hybridized carbons (Fsp3) is 0.235. The minimum Gasteiger partial charge on any atom is -0.387 e. The van der Waals surface area contributed by atoms with Crippen LogP contribution in [0, 0.1) is 10.1 Å². The SMILES string of the molecule is CNc1ccc([N+](=O)[O-])cc1C(=O)NC1CCSc2ccccc21. The molecular weight excluding hydrogens is 326 g/mol. The van der Waals surface area contributed by atoms with Crippen LogP contribution in [0.5, 0.6) is 0 Å². The van der Waals surface area contributed by atoms with Gasteiger partial charge in [0.15, 0.2) is 0 Å². The van der Waals surface area contributed by atoms with Crippen molar-refractivity contribution in [3.8, 4) is 0 Å². The van der Waals surface area contributed by atoms with E-state index >= 15 is 0 Å². The number of hydrogen-bond acceptors (Lipinski definition) is 5. The molecule has 1 atom stereocenters. The zero-order chi connectivity index (χ0) is 17.1. The molecule has 1 amide bonds. The quantitative estimate of drug-likeness (QED) is 0.654. The smallest absolute Gasteiger partial charge is 0.270 e. The number of rotatable bonds is 4. The molecule has 7 heteroatoms. The molecule has 6 nitrogen and oxygen atoms in total. The van der Waals surface area contributed by atoms with Crippen LogP contribution in [0.2, 0.25) is 0 Å². The first-order chi connectivity index (χ1) is 11.6. The predicted molar refractivity (Wildman–Crippen MR) is 94.6 cm³/mol. The van der Waals surface area contributed by atoms with Gasteiger partial charge in [-0.1, -0.05) is 18.2 Å². The number of nitrogens with one attached hydrogen (secondary N) is 2. The number of nitro groups is 1. The number of anilines is 1. The fourth-order valence-electron chi connectivity index (χ4n) is 2.78. The summed E-state index contributed by atoms with van der Waals surface area (Å²) >= 11 is 1.78. The maximum atomic E-state index is 12.7. The lowest BCUT2D eigenvalue weighted by Crippen LogP contribution is -2.31. The number of hydrogen-bond donors (Lipinski definition) is 2. The number of benzene rings is 2. The first-order valence-corrected chi connectivity index (χ1v) is 8.57. The Balaban J connectivity index is 1.88. The monoisotopic (exact) mass is 343 g/mol. The molecule has 2 aromatic rings. The van der Waals surface area contributed by atoms with Gasteiger partial charge in [-0.25, -0.2) is 0 Å². The van der Waals surface area contributed by atoms with Gasteiger partial charge in [0.1, 0.15) is 0 Å². The number of nitro benzene ring substituents is 1. The Morgan fingerprint density at radius 1 is 1.29 bits per heavy atom. The second-order valence-corrected chi connectivity index (χ2v) is 6.57. The summed E-state index contributed by atoms with van der Waals surface area (Å²) in [5.74, 6) is 0.616. The van der Waals surface area contributed by atoms with Crippen LogP contribution in [0.15, 0.2) is 47.4 Å². The van der Waals surface area contributed by atoms with Gasteiger partial charge in [0.2, 0.25) is 0 Å². The fourth-order valence-corrected chi connectivity index (χ4v) is 3.90. The lowest BCUT2D eigenvalue weighted by Gasteiger charge is -2.26. The number of amides is 1. The first-order valence-electron chi connectivity index (χ1n) is 7.59. The molecule has 0 bridgehead atoms. The zero-order valence-electron chi connectivity index (χ0n) is 13.1. The topological polar surface area (TPSA) is 84.3 Å². The molecule has 1 unspecified atom stereocenters. The normalized spacial score (nSPS) is 16.1. The molecule has 1 heterocycles. The van der Waals surface area contributed by atoms with Crippen LogP contribution in [-0.2, 0) is 0 Å². The van der Waals surface area contributed by atoms with Gasteiger partial charge >= 0.3 is 0 Å². The molecule has 0 spiro atoms. The Morgan fingerprint density at radius 3 is 2.83 bits per heavy atom. The molecule has 0 aliphatic carbocycles. The van der Waals surface area contributed by atoms with Crippen LogP contribution in [0.4, 0.5) is 11.4 Å². The Morgan fingerprint density at radius 2 is 2.08 bits per heavy atom. The third-order valence-electron chi connectivity index (χ3n) is 3.99. The molecule has 1 aliphatic heterocycles. The molecule has 2 N–H and O–H groups in total. The first kappa shape index (κ1) is 16.3. The van der Waals surface area contributed by atoms with Crippen molar-refractivity contribution in [3.05, 3.63) is 63.7 Å². The number of thioether (sulfide) groups is 1. The van der Waals surface area contributed by atoms with Crippen LogP contribution in [0.3, 0.4) is 0 Å². The van der Waals surface area contributed by atoms with Crippen molar-refractivity contribution in [2.45, 2.75) is 17.4 Å². The third-order valence-corrected chi connectivity index (χ3v) is 5.11. The molecule has 0 aromatic heterocycles. The minimum atomic E-state index is -0.497. The molecule has 0 fully saturated rings. The van der Waals surface area contributed by atoms with Gasteiger partial charge < -0.3 is 10.6 Å². The van der Waals surface area contributed by atoms with Gasteiger partial charge in [0.25, 0.3) is 11.6 Å². The van der Waals surface area contributed by atoms with E-state index in [1.807, 2.05) is 24.3 Å². The van der Waals surface area contributed by atoms with E-state index < -0.39 is 4.92 Å². The van der Waals surface area contributed by atoms with Gasteiger partial charge in [0.05, 0.1) is 16.5 Å². The molecule has 3 rings (SSSR count). The van der Waals surface area contributed by atoms with Crippen LogP contribution in [0.25, 0.3) is 0 Å². The lowest BCUT2D eigenvalue weighted by molar-refractivity contribution is -0.384. The molecule has 0 radical (unpaired) electrons. The van der Waals surface area contributed by atoms with Crippen molar-refractivity contribution in [2.75, 3.05) is 18.1 Å². The summed E-state index contributed by atoms with van der Waals surface area (Å²) in [5.41, 5.74) is 1.84. The average molecular weight is 343 g/mol. The van der Waals surface area contributed by atoms with Crippen LogP contribution >= 0.6 is 11.8 Å². The summed E-state index contributed by atoms with van der Waals surface area (Å²) in [5, 5.41) is 16.9. The summed E-state index contributed by atoms with van der Waals surface area (Å²) < 4.78 is 0. The van der Waals surface area contributed by atoms with E-state index in [1.165, 1.54) is 17.0 Å². The molecule has 24 heavy (non-hydrogen) atoms. The highest BCUT2D eigenvalue weighted by molar-refractivity contribution is 7.99. The molecule has 0 saturated carbocycles. The summed E-state index contributed by atoms with van der Waals surface area (Å²) in [6.45, 7) is 0. The van der Waals surface area contributed by atoms with E-state index in [4.69, 9.17) is 0 Å². The summed E-state index contributed by atoms with van der Waals surface area (Å²) in [6.07, 6.45) is 0.831. The van der Waals surface area contributed by atoms with E-state index in [0.717, 1.165) is 17.7 Å². The van der Waals surface area contributed by atoms with Crippen LogP contribution in [-0.4, -0.2) is 23.6 Å². The van der Waals surface area contributed by atoms with E-state index in [-0.39, 0.29) is 23.2 Å². The molecule has 2 aromatic carbocycles. The second-order valence-electron chi connectivity index (χ2n) is 5.44. The van der Waals surface area contributed by atoms with Gasteiger partial charge in [0, 0.05) is 35.5 Å². The summed E-state index contributed by atoms with van der Waals surface area (Å²) in [4.78, 5) is 24.3. The Bertz CT molecular complexity index is 794. The van der Waals surface area contributed by atoms with Gasteiger partial charge in [-0.2, -0.15) is 0 Å². The number of fused-ring (bicyclic) bond motifs is 1. The van der Waals surface area contributed by atoms with E-state index in [0.29, 0.717) is 5.69 Å².